The lowest BCUT2D eigenvalue weighted by Crippen LogP contribution is -2.31. The van der Waals surface area contributed by atoms with E-state index in [0.29, 0.717) is 37.5 Å². The maximum Gasteiger partial charge on any atom is 0.122 e. The summed E-state index contributed by atoms with van der Waals surface area (Å²) in [6.07, 6.45) is 4.86. The molecule has 5 nitrogen and oxygen atoms in total. The summed E-state index contributed by atoms with van der Waals surface area (Å²) in [6.45, 7) is 32.6. The van der Waals surface area contributed by atoms with Crippen LogP contribution in [0.15, 0.2) is 48.5 Å². The van der Waals surface area contributed by atoms with E-state index >= 15 is 0 Å². The van der Waals surface area contributed by atoms with Gasteiger partial charge in [-0.05, 0) is 119 Å². The van der Waals surface area contributed by atoms with Crippen LogP contribution in [0.25, 0.3) is 0 Å². The Labute approximate surface area is 357 Å². The lowest BCUT2D eigenvalue weighted by atomic mass is 9.75. The normalized spacial score (nSPS) is 19.0. The third kappa shape index (κ3) is 10.7. The molecule has 2 aliphatic rings. The van der Waals surface area contributed by atoms with Gasteiger partial charge in [-0.2, -0.15) is 0 Å². The average molecular weight is 805 g/mol. The van der Waals surface area contributed by atoms with Crippen molar-refractivity contribution >= 4 is 0 Å². The van der Waals surface area contributed by atoms with Gasteiger partial charge in [-0.25, -0.2) is 0 Å². The van der Waals surface area contributed by atoms with Gasteiger partial charge in [0.2, 0.25) is 0 Å². The van der Waals surface area contributed by atoms with Crippen LogP contribution in [0.3, 0.4) is 0 Å². The van der Waals surface area contributed by atoms with E-state index in [2.05, 4.69) is 152 Å². The third-order valence-corrected chi connectivity index (χ3v) is 13.0. The van der Waals surface area contributed by atoms with Crippen LogP contribution in [-0.4, -0.2) is 31.6 Å². The third-order valence-electron chi connectivity index (χ3n) is 13.0. The highest BCUT2D eigenvalue weighted by atomic mass is 16.3. The molecule has 1 saturated carbocycles. The van der Waals surface area contributed by atoms with Crippen molar-refractivity contribution in [1.82, 2.24) is 0 Å². The largest absolute Gasteiger partial charge is 0.507 e. The molecule has 0 unspecified atom stereocenters. The van der Waals surface area contributed by atoms with Gasteiger partial charge in [-0.1, -0.05) is 159 Å². The Kier molecular flexibility index (Phi) is 13.2. The number of phenols is 4. The first-order valence-corrected chi connectivity index (χ1v) is 22.1. The highest BCUT2D eigenvalue weighted by Crippen LogP contribution is 2.43. The molecule has 3 atom stereocenters. The number of benzene rings is 4. The van der Waals surface area contributed by atoms with Crippen molar-refractivity contribution in [3.63, 3.8) is 0 Å². The van der Waals surface area contributed by atoms with Gasteiger partial charge in [-0.15, -0.1) is 0 Å². The number of hydrogen-bond acceptors (Lipinski definition) is 5. The Balaban J connectivity index is 0.000000520. The van der Waals surface area contributed by atoms with Crippen LogP contribution < -0.4 is 0 Å². The fraction of sp³-hybridized carbons (Fsp3) is 0.556. The molecule has 0 radical (unpaired) electrons. The first kappa shape index (κ1) is 46.1. The number of aliphatic hydroxyl groups excluding tert-OH is 1. The minimum Gasteiger partial charge on any atom is -0.507 e. The van der Waals surface area contributed by atoms with E-state index in [4.69, 9.17) is 0 Å². The topological polar surface area (TPSA) is 101 Å². The standard InChI is InChI=1S/C44H56O4.C10H20O/c1-41(2,3)33-17-25-13-27-19-34(42(4,5)6)21-29(38(27)46)15-31-23-36(44(10,11)12)24-32(40(31)48)16-30-22-35(43(7,8)9)20-28(39(30)47)14-26(18-33)37(25)45;1-7(2)9-5-4-8(3)6-10(9)11/h17-24,45-48H,13-16H2,1-12H3;7-11H,4-6H2,1-3H3/t;8-,9+,10-/m.0/s1. The van der Waals surface area contributed by atoms with Gasteiger partial charge >= 0.3 is 0 Å². The summed E-state index contributed by atoms with van der Waals surface area (Å²) in [4.78, 5) is 0. The van der Waals surface area contributed by atoms with E-state index in [9.17, 15) is 25.5 Å². The first-order valence-electron chi connectivity index (χ1n) is 22.1. The molecule has 0 amide bonds. The average Bonchev–Trinajstić information content (AvgIpc) is 3.09. The Hall–Kier alpha value is -3.96. The number of hydrogen-bond donors (Lipinski definition) is 5. The summed E-state index contributed by atoms with van der Waals surface area (Å²) in [5.41, 5.74) is 9.48. The van der Waals surface area contributed by atoms with Gasteiger partial charge in [0.25, 0.3) is 0 Å². The fourth-order valence-electron chi connectivity index (χ4n) is 8.82. The number of rotatable bonds is 1. The highest BCUT2D eigenvalue weighted by Gasteiger charge is 2.30. The molecule has 2 aliphatic carbocycles. The van der Waals surface area contributed by atoms with E-state index in [1.807, 2.05) is 0 Å². The molecule has 0 saturated heterocycles. The van der Waals surface area contributed by atoms with E-state index in [1.54, 1.807) is 0 Å². The number of aromatic hydroxyl groups is 4. The van der Waals surface area contributed by atoms with Gasteiger partial charge in [-0.3, -0.25) is 0 Å². The molecule has 5 N–H and O–H groups in total. The maximum absolute atomic E-state index is 11.9. The molecule has 322 valence electrons. The molecule has 0 heterocycles. The number of aliphatic hydroxyl groups is 1. The highest BCUT2D eigenvalue weighted by molar-refractivity contribution is 5.59. The van der Waals surface area contributed by atoms with Gasteiger partial charge < -0.3 is 25.5 Å². The molecule has 1 fully saturated rings. The fourth-order valence-corrected chi connectivity index (χ4v) is 8.82. The van der Waals surface area contributed by atoms with Crippen LogP contribution in [0.1, 0.15) is 190 Å². The second kappa shape index (κ2) is 16.8. The van der Waals surface area contributed by atoms with E-state index in [1.165, 1.54) is 12.8 Å². The predicted octanol–water partition coefficient (Wildman–Crippen LogP) is 12.8. The second-order valence-electron chi connectivity index (χ2n) is 22.7. The van der Waals surface area contributed by atoms with Gasteiger partial charge in [0, 0.05) is 25.7 Å². The molecule has 6 rings (SSSR count). The summed E-state index contributed by atoms with van der Waals surface area (Å²) in [5.74, 6) is 2.71. The minimum absolute atomic E-state index is 0.0289. The molecule has 59 heavy (non-hydrogen) atoms. The molecular formula is C54H76O5. The van der Waals surface area contributed by atoms with Crippen LogP contribution in [0.2, 0.25) is 0 Å². The van der Waals surface area contributed by atoms with Crippen molar-refractivity contribution in [2.45, 2.75) is 177 Å². The smallest absolute Gasteiger partial charge is 0.122 e. The van der Waals surface area contributed by atoms with Crippen molar-refractivity contribution in [3.05, 3.63) is 115 Å². The van der Waals surface area contributed by atoms with Crippen LogP contribution in [0.4, 0.5) is 0 Å². The van der Waals surface area contributed by atoms with Crippen molar-refractivity contribution in [2.75, 3.05) is 0 Å². The molecule has 4 aromatic rings. The monoisotopic (exact) mass is 805 g/mol. The van der Waals surface area contributed by atoms with Gasteiger partial charge in [0.15, 0.2) is 0 Å². The predicted molar refractivity (Wildman–Crippen MR) is 246 cm³/mol. The zero-order chi connectivity index (χ0) is 44.2. The van der Waals surface area contributed by atoms with Crippen molar-refractivity contribution in [2.24, 2.45) is 17.8 Å². The lowest BCUT2D eigenvalue weighted by molar-refractivity contribution is 0.0266. The lowest BCUT2D eigenvalue weighted by Gasteiger charge is -2.33. The molecule has 0 aliphatic heterocycles. The van der Waals surface area contributed by atoms with E-state index < -0.39 is 0 Å². The molecule has 4 aromatic carbocycles. The zero-order valence-corrected chi connectivity index (χ0v) is 39.1. The van der Waals surface area contributed by atoms with Crippen molar-refractivity contribution < 1.29 is 25.5 Å². The summed E-state index contributed by atoms with van der Waals surface area (Å²) in [5, 5.41) is 57.3. The zero-order valence-electron chi connectivity index (χ0n) is 39.1. The Morgan fingerprint density at radius 2 is 0.644 bits per heavy atom. The van der Waals surface area contributed by atoms with Gasteiger partial charge in [0.1, 0.15) is 23.0 Å². The molecule has 0 spiro atoms. The Morgan fingerprint density at radius 1 is 0.424 bits per heavy atom. The summed E-state index contributed by atoms with van der Waals surface area (Å²) in [7, 11) is 0. The van der Waals surface area contributed by atoms with Crippen LogP contribution in [0.5, 0.6) is 23.0 Å². The molecule has 0 aromatic heterocycles. The molecule has 5 heteroatoms. The molecule has 8 bridgehead atoms. The Morgan fingerprint density at radius 3 is 0.814 bits per heavy atom. The second-order valence-corrected chi connectivity index (χ2v) is 22.7. The van der Waals surface area contributed by atoms with E-state index in [0.717, 1.165) is 79.1 Å². The summed E-state index contributed by atoms with van der Waals surface area (Å²) < 4.78 is 0. The minimum atomic E-state index is -0.190. The Bertz CT molecular complexity index is 1770. The van der Waals surface area contributed by atoms with E-state index in [-0.39, 0.29) is 50.8 Å². The summed E-state index contributed by atoms with van der Waals surface area (Å²) in [6, 6.07) is 16.5. The first-order chi connectivity index (χ1) is 27.0. The van der Waals surface area contributed by atoms with Crippen molar-refractivity contribution in [3.8, 4) is 23.0 Å². The van der Waals surface area contributed by atoms with Gasteiger partial charge in [0.05, 0.1) is 6.10 Å². The SMILES string of the molecule is CC(C)(C)c1cc2c(O)c(c1)Cc1cc(C(C)(C)C)cc(c1O)Cc1cc(C(C)(C)C)cc(c1O)Cc1cc(C(C)(C)C)cc(c1O)C2.CC(C)[C@H]1CC[C@H](C)C[C@@H]1O. The molecular weight excluding hydrogens is 729 g/mol. The van der Waals surface area contributed by atoms with Crippen LogP contribution in [-0.2, 0) is 47.3 Å². The number of fused-ring (bicyclic) bond motifs is 8. The van der Waals surface area contributed by atoms with Crippen molar-refractivity contribution in [1.29, 1.82) is 0 Å². The summed E-state index contributed by atoms with van der Waals surface area (Å²) >= 11 is 0. The van der Waals surface area contributed by atoms with Crippen LogP contribution in [0, 0.1) is 17.8 Å². The van der Waals surface area contributed by atoms with Crippen LogP contribution >= 0.6 is 0 Å². The number of phenolic OH excluding ortho intramolecular Hbond substituents is 4. The maximum atomic E-state index is 11.9. The quantitative estimate of drug-likeness (QED) is 0.116.